The summed E-state index contributed by atoms with van der Waals surface area (Å²) in [7, 11) is 0. The third-order valence-corrected chi connectivity index (χ3v) is 5.36. The molecule has 27 heavy (non-hydrogen) atoms. The van der Waals surface area contributed by atoms with Gasteiger partial charge in [-0.3, -0.25) is 9.69 Å². The zero-order chi connectivity index (χ0) is 18.6. The van der Waals surface area contributed by atoms with Gasteiger partial charge in [0.05, 0.1) is 6.04 Å². The minimum absolute atomic E-state index is 0.0396. The summed E-state index contributed by atoms with van der Waals surface area (Å²) >= 11 is 0. The Morgan fingerprint density at radius 1 is 0.889 bits per heavy atom. The number of amides is 1. The number of anilines is 1. The van der Waals surface area contributed by atoms with Crippen LogP contribution in [0.4, 0.5) is 5.69 Å². The van der Waals surface area contributed by atoms with E-state index >= 15 is 0 Å². The van der Waals surface area contributed by atoms with Crippen molar-refractivity contribution in [1.82, 2.24) is 4.90 Å². The maximum atomic E-state index is 13.0. The molecule has 4 rings (SSSR count). The van der Waals surface area contributed by atoms with Gasteiger partial charge in [0, 0.05) is 24.3 Å². The second kappa shape index (κ2) is 7.77. The summed E-state index contributed by atoms with van der Waals surface area (Å²) in [4.78, 5) is 15.2. The average molecular weight is 356 g/mol. The molecular formula is C24H24N2O. The Bertz CT molecular complexity index is 936. The Morgan fingerprint density at radius 2 is 1.56 bits per heavy atom. The summed E-state index contributed by atoms with van der Waals surface area (Å²) in [6.45, 7) is 3.73. The van der Waals surface area contributed by atoms with E-state index in [4.69, 9.17) is 0 Å². The molecule has 0 saturated heterocycles. The molecule has 3 aromatic rings. The van der Waals surface area contributed by atoms with E-state index in [2.05, 4.69) is 46.6 Å². The Labute approximate surface area is 160 Å². The number of hydrogen-bond acceptors (Lipinski definition) is 2. The molecule has 0 fully saturated rings. The van der Waals surface area contributed by atoms with Crippen LogP contribution in [0.15, 0.2) is 78.9 Å². The van der Waals surface area contributed by atoms with Crippen LogP contribution in [0.3, 0.4) is 0 Å². The lowest BCUT2D eigenvalue weighted by molar-refractivity contribution is -0.121. The number of benzene rings is 3. The Hall–Kier alpha value is -2.91. The van der Waals surface area contributed by atoms with Crippen molar-refractivity contribution >= 4 is 11.6 Å². The fourth-order valence-electron chi connectivity index (χ4n) is 3.71. The van der Waals surface area contributed by atoms with Gasteiger partial charge in [0.25, 0.3) is 0 Å². The molecule has 3 aromatic carbocycles. The fraction of sp³-hybridized carbons (Fsp3) is 0.208. The van der Waals surface area contributed by atoms with Crippen LogP contribution in [0.2, 0.25) is 0 Å². The number of fused-ring (bicyclic) bond motifs is 1. The molecule has 0 radical (unpaired) electrons. The molecule has 3 nitrogen and oxygen atoms in total. The van der Waals surface area contributed by atoms with Gasteiger partial charge in [-0.15, -0.1) is 0 Å². The second-order valence-electron chi connectivity index (χ2n) is 7.07. The van der Waals surface area contributed by atoms with Gasteiger partial charge in [0.15, 0.2) is 0 Å². The molecule has 0 unspecified atom stereocenters. The molecule has 1 amide bonds. The van der Waals surface area contributed by atoms with E-state index in [0.29, 0.717) is 0 Å². The first-order chi connectivity index (χ1) is 13.2. The van der Waals surface area contributed by atoms with E-state index in [0.717, 1.165) is 36.3 Å². The summed E-state index contributed by atoms with van der Waals surface area (Å²) < 4.78 is 0. The molecule has 1 N–H and O–H groups in total. The predicted molar refractivity (Wildman–Crippen MR) is 111 cm³/mol. The van der Waals surface area contributed by atoms with Crippen LogP contribution in [-0.2, 0) is 17.8 Å². The Morgan fingerprint density at radius 3 is 2.37 bits per heavy atom. The highest BCUT2D eigenvalue weighted by molar-refractivity contribution is 5.98. The van der Waals surface area contributed by atoms with Crippen LogP contribution in [-0.4, -0.2) is 23.4 Å². The van der Waals surface area contributed by atoms with Crippen molar-refractivity contribution in [2.75, 3.05) is 11.9 Å². The molecule has 0 spiro atoms. The highest BCUT2D eigenvalue weighted by Crippen LogP contribution is 2.28. The van der Waals surface area contributed by atoms with Crippen LogP contribution >= 0.6 is 0 Å². The van der Waals surface area contributed by atoms with Gasteiger partial charge < -0.3 is 5.32 Å². The molecule has 1 atom stereocenters. The number of nitrogens with one attached hydrogen (secondary N) is 1. The average Bonchev–Trinajstić information content (AvgIpc) is 2.74. The lowest BCUT2D eigenvalue weighted by Crippen LogP contribution is -2.44. The highest BCUT2D eigenvalue weighted by Gasteiger charge is 2.25. The largest absolute Gasteiger partial charge is 0.324 e. The van der Waals surface area contributed by atoms with E-state index in [1.54, 1.807) is 0 Å². The van der Waals surface area contributed by atoms with Gasteiger partial charge in [-0.1, -0.05) is 72.8 Å². The van der Waals surface area contributed by atoms with E-state index in [-0.39, 0.29) is 11.9 Å². The van der Waals surface area contributed by atoms with Crippen molar-refractivity contribution < 1.29 is 4.79 Å². The van der Waals surface area contributed by atoms with Crippen molar-refractivity contribution in [2.24, 2.45) is 0 Å². The van der Waals surface area contributed by atoms with Gasteiger partial charge in [-0.05, 0) is 36.1 Å². The van der Waals surface area contributed by atoms with Gasteiger partial charge in [0.1, 0.15) is 0 Å². The molecule has 3 heteroatoms. The SMILES string of the molecule is C[C@@H](C(=O)Nc1ccccc1-c1ccccc1)N1CCc2ccccc2C1. The number of carbonyl (C=O) groups is 1. The lowest BCUT2D eigenvalue weighted by Gasteiger charge is -2.33. The van der Waals surface area contributed by atoms with Crippen molar-refractivity contribution in [3.8, 4) is 11.1 Å². The van der Waals surface area contributed by atoms with Crippen molar-refractivity contribution in [3.63, 3.8) is 0 Å². The Balaban J connectivity index is 1.50. The van der Waals surface area contributed by atoms with Crippen LogP contribution in [0, 0.1) is 0 Å². The molecule has 0 saturated carbocycles. The fourth-order valence-corrected chi connectivity index (χ4v) is 3.71. The normalized spacial score (nSPS) is 15.0. The van der Waals surface area contributed by atoms with E-state index in [9.17, 15) is 4.79 Å². The molecule has 1 aliphatic heterocycles. The first kappa shape index (κ1) is 17.5. The maximum absolute atomic E-state index is 13.0. The predicted octanol–water partition coefficient (Wildman–Crippen LogP) is 4.74. The number of para-hydroxylation sites is 1. The first-order valence-electron chi connectivity index (χ1n) is 9.48. The second-order valence-corrected chi connectivity index (χ2v) is 7.07. The zero-order valence-corrected chi connectivity index (χ0v) is 15.6. The zero-order valence-electron chi connectivity index (χ0n) is 15.6. The molecule has 0 bridgehead atoms. The van der Waals surface area contributed by atoms with Crippen LogP contribution in [0.1, 0.15) is 18.1 Å². The van der Waals surface area contributed by atoms with Crippen molar-refractivity contribution in [1.29, 1.82) is 0 Å². The monoisotopic (exact) mass is 356 g/mol. The van der Waals surface area contributed by atoms with E-state index in [1.165, 1.54) is 11.1 Å². The molecular weight excluding hydrogens is 332 g/mol. The van der Waals surface area contributed by atoms with Gasteiger partial charge >= 0.3 is 0 Å². The minimum Gasteiger partial charge on any atom is -0.324 e. The number of hydrogen-bond donors (Lipinski definition) is 1. The third kappa shape index (κ3) is 3.79. The van der Waals surface area contributed by atoms with Crippen molar-refractivity contribution in [2.45, 2.75) is 25.9 Å². The summed E-state index contributed by atoms with van der Waals surface area (Å²) in [5, 5.41) is 3.15. The molecule has 1 heterocycles. The van der Waals surface area contributed by atoms with Gasteiger partial charge in [-0.2, -0.15) is 0 Å². The standard InChI is InChI=1S/C24H24N2O/c1-18(26-16-15-19-9-5-6-12-21(19)17-26)24(27)25-23-14-8-7-13-22(23)20-10-3-2-4-11-20/h2-14,18H,15-17H2,1H3,(H,25,27)/t18-/m0/s1. The topological polar surface area (TPSA) is 32.3 Å². The Kier molecular flexibility index (Phi) is 5.03. The number of nitrogens with zero attached hydrogens (tertiary/aromatic N) is 1. The van der Waals surface area contributed by atoms with Crippen LogP contribution < -0.4 is 5.32 Å². The third-order valence-electron chi connectivity index (χ3n) is 5.36. The van der Waals surface area contributed by atoms with Gasteiger partial charge in [0.2, 0.25) is 5.91 Å². The number of carbonyl (C=O) groups excluding carboxylic acids is 1. The van der Waals surface area contributed by atoms with E-state index in [1.807, 2.05) is 49.4 Å². The summed E-state index contributed by atoms with van der Waals surface area (Å²) in [5.74, 6) is 0.0396. The number of rotatable bonds is 4. The molecule has 0 aromatic heterocycles. The summed E-state index contributed by atoms with van der Waals surface area (Å²) in [6.07, 6.45) is 0.994. The molecule has 0 aliphatic carbocycles. The highest BCUT2D eigenvalue weighted by atomic mass is 16.2. The summed E-state index contributed by atoms with van der Waals surface area (Å²) in [5.41, 5.74) is 5.73. The summed E-state index contributed by atoms with van der Waals surface area (Å²) in [6, 6.07) is 26.5. The lowest BCUT2D eigenvalue weighted by atomic mass is 9.98. The maximum Gasteiger partial charge on any atom is 0.241 e. The van der Waals surface area contributed by atoms with Crippen LogP contribution in [0.5, 0.6) is 0 Å². The molecule has 1 aliphatic rings. The smallest absolute Gasteiger partial charge is 0.241 e. The first-order valence-corrected chi connectivity index (χ1v) is 9.48. The van der Waals surface area contributed by atoms with Crippen LogP contribution in [0.25, 0.3) is 11.1 Å². The van der Waals surface area contributed by atoms with Gasteiger partial charge in [-0.25, -0.2) is 0 Å². The van der Waals surface area contributed by atoms with E-state index < -0.39 is 0 Å². The quantitative estimate of drug-likeness (QED) is 0.732. The van der Waals surface area contributed by atoms with Crippen molar-refractivity contribution in [3.05, 3.63) is 90.0 Å². The molecule has 136 valence electrons. The minimum atomic E-state index is -0.179.